The number of nitrogens with one attached hydrogen (secondary N) is 1. The number of carbonyl (C=O) groups is 1. The number of aldehydes is 1. The minimum Gasteiger partial charge on any atom is -0.376 e. The lowest BCUT2D eigenvalue weighted by molar-refractivity contribution is -0.384. The lowest BCUT2D eigenvalue weighted by Gasteiger charge is -2.12. The number of rotatable bonds is 4. The molecule has 0 saturated carbocycles. The molecule has 1 aliphatic rings. The highest BCUT2D eigenvalue weighted by molar-refractivity contribution is 7.99. The zero-order valence-corrected chi connectivity index (χ0v) is 9.90. The number of carbonyl (C=O) groups excluding carboxylic acids is 1. The van der Waals surface area contributed by atoms with Crippen LogP contribution in [0.5, 0.6) is 0 Å². The highest BCUT2D eigenvalue weighted by Crippen LogP contribution is 2.28. The molecule has 0 spiro atoms. The summed E-state index contributed by atoms with van der Waals surface area (Å²) < 4.78 is 0. The van der Waals surface area contributed by atoms with Gasteiger partial charge in [0, 0.05) is 23.4 Å². The average molecular weight is 252 g/mol. The molecule has 0 amide bonds. The SMILES string of the molecule is O=Cc1ccc(NC2CCSC2)c([N+](=O)[O-])c1. The maximum atomic E-state index is 10.9. The Bertz CT molecular complexity index is 444. The molecule has 1 heterocycles. The molecule has 17 heavy (non-hydrogen) atoms. The van der Waals surface area contributed by atoms with Crippen LogP contribution < -0.4 is 5.32 Å². The fourth-order valence-electron chi connectivity index (χ4n) is 1.76. The fraction of sp³-hybridized carbons (Fsp3) is 0.364. The summed E-state index contributed by atoms with van der Waals surface area (Å²) in [5.41, 5.74) is 0.780. The van der Waals surface area contributed by atoms with Crippen LogP contribution in [-0.2, 0) is 0 Å². The number of benzene rings is 1. The third-order valence-corrected chi connectivity index (χ3v) is 3.81. The molecule has 0 radical (unpaired) electrons. The van der Waals surface area contributed by atoms with E-state index in [2.05, 4.69) is 5.32 Å². The molecule has 0 aliphatic carbocycles. The average Bonchev–Trinajstić information content (AvgIpc) is 2.82. The van der Waals surface area contributed by atoms with E-state index in [1.54, 1.807) is 12.1 Å². The van der Waals surface area contributed by atoms with E-state index in [1.165, 1.54) is 6.07 Å². The van der Waals surface area contributed by atoms with Gasteiger partial charge in [0.15, 0.2) is 0 Å². The highest BCUT2D eigenvalue weighted by Gasteiger charge is 2.20. The van der Waals surface area contributed by atoms with Gasteiger partial charge in [0.05, 0.1) is 4.92 Å². The second kappa shape index (κ2) is 5.18. The van der Waals surface area contributed by atoms with Crippen molar-refractivity contribution in [3.05, 3.63) is 33.9 Å². The molecular weight excluding hydrogens is 240 g/mol. The van der Waals surface area contributed by atoms with Crippen molar-refractivity contribution in [3.63, 3.8) is 0 Å². The minimum atomic E-state index is -0.461. The summed E-state index contributed by atoms with van der Waals surface area (Å²) in [5, 5.41) is 14.1. The van der Waals surface area contributed by atoms with Crippen LogP contribution in [0.1, 0.15) is 16.8 Å². The summed E-state index contributed by atoms with van der Waals surface area (Å²) in [6, 6.07) is 4.77. The van der Waals surface area contributed by atoms with Crippen LogP contribution in [0.2, 0.25) is 0 Å². The molecule has 1 saturated heterocycles. The van der Waals surface area contributed by atoms with E-state index in [4.69, 9.17) is 0 Å². The Labute approximate surface area is 103 Å². The van der Waals surface area contributed by atoms with Crippen molar-refractivity contribution in [2.75, 3.05) is 16.8 Å². The van der Waals surface area contributed by atoms with Crippen molar-refractivity contribution in [1.29, 1.82) is 0 Å². The molecule has 1 fully saturated rings. The number of hydrogen-bond donors (Lipinski definition) is 1. The van der Waals surface area contributed by atoms with E-state index in [1.807, 2.05) is 11.8 Å². The van der Waals surface area contributed by atoms with Crippen LogP contribution in [0, 0.1) is 10.1 Å². The van der Waals surface area contributed by atoms with Gasteiger partial charge in [-0.15, -0.1) is 0 Å². The van der Waals surface area contributed by atoms with Crippen LogP contribution in [0.4, 0.5) is 11.4 Å². The van der Waals surface area contributed by atoms with E-state index >= 15 is 0 Å². The lowest BCUT2D eigenvalue weighted by atomic mass is 10.1. The van der Waals surface area contributed by atoms with Crippen LogP contribution in [0.25, 0.3) is 0 Å². The monoisotopic (exact) mass is 252 g/mol. The van der Waals surface area contributed by atoms with Crippen molar-refractivity contribution < 1.29 is 9.72 Å². The number of nitro groups is 1. The Hall–Kier alpha value is -1.56. The van der Waals surface area contributed by atoms with Gasteiger partial charge in [-0.1, -0.05) is 0 Å². The fourth-order valence-corrected chi connectivity index (χ4v) is 2.92. The van der Waals surface area contributed by atoms with Gasteiger partial charge in [-0.05, 0) is 24.3 Å². The second-order valence-electron chi connectivity index (χ2n) is 3.86. The molecule has 1 aromatic rings. The number of hydrogen-bond acceptors (Lipinski definition) is 5. The van der Waals surface area contributed by atoms with Crippen LogP contribution in [0.3, 0.4) is 0 Å². The summed E-state index contributed by atoms with van der Waals surface area (Å²) in [4.78, 5) is 21.0. The highest BCUT2D eigenvalue weighted by atomic mass is 32.2. The Morgan fingerprint density at radius 3 is 2.94 bits per heavy atom. The van der Waals surface area contributed by atoms with Gasteiger partial charge in [0.2, 0.25) is 0 Å². The molecule has 1 unspecified atom stereocenters. The predicted molar refractivity (Wildman–Crippen MR) is 67.8 cm³/mol. The first-order valence-electron chi connectivity index (χ1n) is 5.28. The van der Waals surface area contributed by atoms with Gasteiger partial charge < -0.3 is 5.32 Å². The van der Waals surface area contributed by atoms with Gasteiger partial charge in [0.1, 0.15) is 12.0 Å². The molecule has 90 valence electrons. The Morgan fingerprint density at radius 1 is 1.53 bits per heavy atom. The topological polar surface area (TPSA) is 72.2 Å². The first-order valence-corrected chi connectivity index (χ1v) is 6.44. The quantitative estimate of drug-likeness (QED) is 0.506. The van der Waals surface area contributed by atoms with Gasteiger partial charge in [-0.2, -0.15) is 11.8 Å². The van der Waals surface area contributed by atoms with Gasteiger partial charge >= 0.3 is 0 Å². The molecule has 5 nitrogen and oxygen atoms in total. The van der Waals surface area contributed by atoms with Gasteiger partial charge in [-0.3, -0.25) is 14.9 Å². The van der Waals surface area contributed by atoms with Crippen molar-refractivity contribution in [1.82, 2.24) is 0 Å². The van der Waals surface area contributed by atoms with Crippen LogP contribution in [0.15, 0.2) is 18.2 Å². The van der Waals surface area contributed by atoms with Gasteiger partial charge in [0.25, 0.3) is 5.69 Å². The number of nitro benzene ring substituents is 1. The molecule has 2 rings (SSSR count). The largest absolute Gasteiger partial charge is 0.376 e. The first-order chi connectivity index (χ1) is 8.20. The molecule has 1 N–H and O–H groups in total. The standard InChI is InChI=1S/C11H12N2O3S/c14-6-8-1-2-10(11(5-8)13(15)16)12-9-3-4-17-7-9/h1-2,5-6,9,12H,3-4,7H2. The first kappa shape index (κ1) is 11.9. The second-order valence-corrected chi connectivity index (χ2v) is 5.01. The smallest absolute Gasteiger partial charge is 0.293 e. The molecular formula is C11H12N2O3S. The zero-order valence-electron chi connectivity index (χ0n) is 9.09. The third-order valence-electron chi connectivity index (χ3n) is 2.64. The predicted octanol–water partition coefficient (Wildman–Crippen LogP) is 2.32. The maximum Gasteiger partial charge on any atom is 0.293 e. The van der Waals surface area contributed by atoms with E-state index in [9.17, 15) is 14.9 Å². The number of thioether (sulfide) groups is 1. The summed E-state index contributed by atoms with van der Waals surface area (Å²) in [6.07, 6.45) is 1.62. The number of anilines is 1. The maximum absolute atomic E-state index is 10.9. The summed E-state index contributed by atoms with van der Waals surface area (Å²) in [6.45, 7) is 0. The molecule has 1 atom stereocenters. The molecule has 1 aliphatic heterocycles. The molecule has 0 bridgehead atoms. The van der Waals surface area contributed by atoms with Crippen LogP contribution >= 0.6 is 11.8 Å². The lowest BCUT2D eigenvalue weighted by Crippen LogP contribution is -2.18. The summed E-state index contributed by atoms with van der Waals surface area (Å²) in [7, 11) is 0. The summed E-state index contributed by atoms with van der Waals surface area (Å²) in [5.74, 6) is 2.05. The molecule has 6 heteroatoms. The number of nitrogens with zero attached hydrogens (tertiary/aromatic N) is 1. The Morgan fingerprint density at radius 2 is 2.35 bits per heavy atom. The third kappa shape index (κ3) is 2.76. The van der Waals surface area contributed by atoms with Crippen LogP contribution in [-0.4, -0.2) is 28.8 Å². The van der Waals surface area contributed by atoms with Gasteiger partial charge in [-0.25, -0.2) is 0 Å². The van der Waals surface area contributed by atoms with Crippen molar-refractivity contribution in [2.24, 2.45) is 0 Å². The van der Waals surface area contributed by atoms with E-state index in [0.29, 0.717) is 17.5 Å². The Balaban J connectivity index is 2.25. The molecule has 0 aromatic heterocycles. The Kier molecular flexibility index (Phi) is 3.63. The van der Waals surface area contributed by atoms with Crippen molar-refractivity contribution in [3.8, 4) is 0 Å². The molecule has 1 aromatic carbocycles. The van der Waals surface area contributed by atoms with Crippen molar-refractivity contribution >= 4 is 29.4 Å². The normalized spacial score (nSPS) is 18.9. The van der Waals surface area contributed by atoms with Crippen molar-refractivity contribution in [2.45, 2.75) is 12.5 Å². The summed E-state index contributed by atoms with van der Waals surface area (Å²) >= 11 is 1.83. The van der Waals surface area contributed by atoms with E-state index in [-0.39, 0.29) is 11.7 Å². The minimum absolute atomic E-state index is 0.0356. The zero-order chi connectivity index (χ0) is 12.3. The van der Waals surface area contributed by atoms with E-state index < -0.39 is 4.92 Å². The van der Waals surface area contributed by atoms with E-state index in [0.717, 1.165) is 17.9 Å².